The summed E-state index contributed by atoms with van der Waals surface area (Å²) in [6.45, 7) is 10.2. The monoisotopic (exact) mass is 264 g/mol. The van der Waals surface area contributed by atoms with Gasteiger partial charge in [-0.1, -0.05) is 35.8 Å². The molecule has 0 aliphatic heterocycles. The number of rotatable bonds is 4. The first-order valence-corrected chi connectivity index (χ1v) is 6.43. The molecule has 19 heavy (non-hydrogen) atoms. The quantitative estimate of drug-likeness (QED) is 0.618. The highest BCUT2D eigenvalue weighted by Crippen LogP contribution is 2.59. The Morgan fingerprint density at radius 3 is 2.63 bits per heavy atom. The molecule has 0 bridgehead atoms. The maximum absolute atomic E-state index is 12.1. The van der Waals surface area contributed by atoms with Crippen LogP contribution in [-0.2, 0) is 16.1 Å². The van der Waals surface area contributed by atoms with Crippen LogP contribution < -0.4 is 0 Å². The molecule has 0 unspecified atom stereocenters. The van der Waals surface area contributed by atoms with E-state index in [9.17, 15) is 4.79 Å². The molecule has 104 valence electrons. The summed E-state index contributed by atoms with van der Waals surface area (Å²) in [4.78, 5) is 12.1. The van der Waals surface area contributed by atoms with E-state index >= 15 is 0 Å². The van der Waals surface area contributed by atoms with Crippen molar-refractivity contribution in [3.63, 3.8) is 0 Å². The molecule has 0 aromatic carbocycles. The Labute approximate surface area is 113 Å². The van der Waals surface area contributed by atoms with Gasteiger partial charge >= 0.3 is 5.97 Å². The minimum Gasteiger partial charge on any atom is -0.459 e. The highest BCUT2D eigenvalue weighted by atomic mass is 16.6. The third-order valence-corrected chi connectivity index (χ3v) is 3.78. The largest absolute Gasteiger partial charge is 0.459 e. The summed E-state index contributed by atoms with van der Waals surface area (Å²) >= 11 is 0. The molecule has 0 saturated heterocycles. The molecule has 1 aromatic heterocycles. The predicted molar refractivity (Wildman–Crippen MR) is 69.0 cm³/mol. The lowest BCUT2D eigenvalue weighted by molar-refractivity contribution is -0.147. The van der Waals surface area contributed by atoms with Gasteiger partial charge in [-0.15, -0.1) is 0 Å². The Balaban J connectivity index is 1.95. The topological polar surface area (TPSA) is 65.2 Å². The van der Waals surface area contributed by atoms with Crippen molar-refractivity contribution in [2.75, 3.05) is 0 Å². The van der Waals surface area contributed by atoms with Crippen LogP contribution in [0.1, 0.15) is 39.1 Å². The molecule has 2 rings (SSSR count). The van der Waals surface area contributed by atoms with Gasteiger partial charge in [-0.2, -0.15) is 0 Å². The van der Waals surface area contributed by atoms with Crippen LogP contribution in [0.4, 0.5) is 0 Å². The average Bonchev–Trinajstić information content (AvgIpc) is 2.66. The van der Waals surface area contributed by atoms with Crippen molar-refractivity contribution in [2.24, 2.45) is 17.3 Å². The van der Waals surface area contributed by atoms with E-state index in [0.29, 0.717) is 11.4 Å². The zero-order valence-electron chi connectivity index (χ0n) is 12.1. The third kappa shape index (κ3) is 2.69. The van der Waals surface area contributed by atoms with Crippen molar-refractivity contribution in [2.45, 2.75) is 41.2 Å². The van der Waals surface area contributed by atoms with Crippen LogP contribution in [0.5, 0.6) is 0 Å². The van der Waals surface area contributed by atoms with Crippen molar-refractivity contribution in [1.29, 1.82) is 0 Å². The van der Waals surface area contributed by atoms with E-state index in [4.69, 9.17) is 4.74 Å². The predicted octanol–water partition coefficient (Wildman–Crippen LogP) is 2.66. The molecule has 1 aliphatic carbocycles. The third-order valence-electron chi connectivity index (χ3n) is 3.78. The number of allylic oxidation sites excluding steroid dienone is 2. The summed E-state index contributed by atoms with van der Waals surface area (Å²) in [7, 11) is 0. The van der Waals surface area contributed by atoms with E-state index in [0.717, 1.165) is 0 Å². The van der Waals surface area contributed by atoms with Crippen molar-refractivity contribution < 1.29 is 14.2 Å². The average molecular weight is 264 g/mol. The summed E-state index contributed by atoms with van der Waals surface area (Å²) < 4.78 is 9.88. The molecule has 2 atom stereocenters. The zero-order valence-corrected chi connectivity index (χ0v) is 12.1. The van der Waals surface area contributed by atoms with Crippen LogP contribution in [-0.4, -0.2) is 16.3 Å². The van der Waals surface area contributed by atoms with E-state index < -0.39 is 0 Å². The lowest BCUT2D eigenvalue weighted by Gasteiger charge is -2.03. The second kappa shape index (κ2) is 4.79. The minimum absolute atomic E-state index is 0.0223. The van der Waals surface area contributed by atoms with Gasteiger partial charge in [0.1, 0.15) is 18.0 Å². The number of hydrogen-bond acceptors (Lipinski definition) is 5. The Bertz CT molecular complexity index is 513. The fourth-order valence-corrected chi connectivity index (χ4v) is 2.41. The van der Waals surface area contributed by atoms with Gasteiger partial charge < -0.3 is 4.74 Å². The van der Waals surface area contributed by atoms with E-state index in [1.807, 2.05) is 13.8 Å². The zero-order chi connectivity index (χ0) is 14.2. The molecule has 0 N–H and O–H groups in total. The van der Waals surface area contributed by atoms with Gasteiger partial charge in [-0.05, 0) is 32.1 Å². The number of aryl methyl sites for hydroxylation is 1. The second-order valence-corrected chi connectivity index (χ2v) is 5.97. The summed E-state index contributed by atoms with van der Waals surface area (Å²) in [5.74, 6) is 0.0268. The van der Waals surface area contributed by atoms with Crippen LogP contribution in [0.3, 0.4) is 0 Å². The SMILES string of the molecule is CC(C)=C[C@@H]1[C@H](C(=O)OCc2nonc2C)C1(C)C. The standard InChI is InChI=1S/C14H20N2O3/c1-8(2)6-10-12(14(10,4)5)13(17)18-7-11-9(3)15-19-16-11/h6,10,12H,7H2,1-5H3/t10-,12-/m1/s1. The van der Waals surface area contributed by atoms with Crippen LogP contribution in [0.2, 0.25) is 0 Å². The molecule has 0 amide bonds. The molecule has 1 fully saturated rings. The Morgan fingerprint density at radius 1 is 1.42 bits per heavy atom. The number of esters is 1. The lowest BCUT2D eigenvalue weighted by atomic mass is 10.1. The maximum Gasteiger partial charge on any atom is 0.310 e. The summed E-state index contributed by atoms with van der Waals surface area (Å²) in [6.07, 6.45) is 2.15. The van der Waals surface area contributed by atoms with Crippen molar-refractivity contribution in [1.82, 2.24) is 10.3 Å². The maximum atomic E-state index is 12.1. The number of carbonyl (C=O) groups excluding carboxylic acids is 1. The molecular weight excluding hydrogens is 244 g/mol. The summed E-state index contributed by atoms with van der Waals surface area (Å²) in [5.41, 5.74) is 2.44. The fraction of sp³-hybridized carbons (Fsp3) is 0.643. The molecule has 1 aliphatic rings. The van der Waals surface area contributed by atoms with E-state index in [-0.39, 0.29) is 29.8 Å². The molecule has 5 heteroatoms. The van der Waals surface area contributed by atoms with Crippen LogP contribution in [0, 0.1) is 24.2 Å². The first-order valence-electron chi connectivity index (χ1n) is 6.43. The number of hydrogen-bond donors (Lipinski definition) is 0. The normalized spacial score (nSPS) is 23.8. The number of carbonyl (C=O) groups is 1. The van der Waals surface area contributed by atoms with E-state index in [2.05, 4.69) is 34.9 Å². The van der Waals surface area contributed by atoms with Crippen LogP contribution in [0.25, 0.3) is 0 Å². The first kappa shape index (κ1) is 13.8. The van der Waals surface area contributed by atoms with Gasteiger partial charge in [-0.3, -0.25) is 4.79 Å². The lowest BCUT2D eigenvalue weighted by Crippen LogP contribution is -2.11. The molecule has 0 spiro atoms. The second-order valence-electron chi connectivity index (χ2n) is 5.97. The van der Waals surface area contributed by atoms with Gasteiger partial charge in [-0.25, -0.2) is 4.63 Å². The molecule has 5 nitrogen and oxygen atoms in total. The molecule has 1 saturated carbocycles. The first-order chi connectivity index (χ1) is 8.84. The van der Waals surface area contributed by atoms with Crippen molar-refractivity contribution >= 4 is 5.97 Å². The molecule has 1 aromatic rings. The van der Waals surface area contributed by atoms with E-state index in [1.54, 1.807) is 6.92 Å². The van der Waals surface area contributed by atoms with Crippen molar-refractivity contribution in [3.05, 3.63) is 23.0 Å². The van der Waals surface area contributed by atoms with Gasteiger partial charge in [0.2, 0.25) is 0 Å². The Kier molecular flexibility index (Phi) is 3.47. The Morgan fingerprint density at radius 2 is 2.11 bits per heavy atom. The smallest absolute Gasteiger partial charge is 0.310 e. The molecule has 0 radical (unpaired) electrons. The number of ether oxygens (including phenoxy) is 1. The number of nitrogens with zero attached hydrogens (tertiary/aromatic N) is 2. The van der Waals surface area contributed by atoms with Gasteiger partial charge in [0.05, 0.1) is 5.92 Å². The molecular formula is C14H20N2O3. The van der Waals surface area contributed by atoms with Gasteiger partial charge in [0, 0.05) is 0 Å². The van der Waals surface area contributed by atoms with E-state index in [1.165, 1.54) is 5.57 Å². The minimum atomic E-state index is -0.171. The highest BCUT2D eigenvalue weighted by molar-refractivity contribution is 5.78. The highest BCUT2D eigenvalue weighted by Gasteiger charge is 2.61. The summed E-state index contributed by atoms with van der Waals surface area (Å²) in [5, 5.41) is 7.35. The van der Waals surface area contributed by atoms with Crippen LogP contribution >= 0.6 is 0 Å². The Hall–Kier alpha value is -1.65. The van der Waals surface area contributed by atoms with Crippen molar-refractivity contribution in [3.8, 4) is 0 Å². The van der Waals surface area contributed by atoms with Gasteiger partial charge in [0.25, 0.3) is 0 Å². The van der Waals surface area contributed by atoms with Crippen LogP contribution in [0.15, 0.2) is 16.3 Å². The molecule has 1 heterocycles. The fourth-order valence-electron chi connectivity index (χ4n) is 2.41. The number of aromatic nitrogens is 2. The van der Waals surface area contributed by atoms with Gasteiger partial charge in [0.15, 0.2) is 0 Å². The summed E-state index contributed by atoms with van der Waals surface area (Å²) in [6, 6.07) is 0.